The Morgan fingerprint density at radius 1 is 1.33 bits per heavy atom. The van der Waals surface area contributed by atoms with Gasteiger partial charge in [0.15, 0.2) is 5.96 Å². The van der Waals surface area contributed by atoms with E-state index in [-0.39, 0.29) is 0 Å². The molecule has 0 aromatic heterocycles. The standard InChI is InChI=1S/C15H23N3/c1-4-18-14(10-17-15(18)16)13-7-5-12(6-8-13)9-11(2)3/h5-8,11,14H,4,9-10H2,1-3H3,(H2,16,17). The van der Waals surface area contributed by atoms with E-state index in [1.165, 1.54) is 11.1 Å². The molecule has 0 bridgehead atoms. The SMILES string of the molecule is CCN1C(N)=NCC1c1ccc(CC(C)C)cc1. The molecule has 1 heterocycles. The fraction of sp³-hybridized carbons (Fsp3) is 0.533. The molecule has 1 unspecified atom stereocenters. The third-order valence-corrected chi connectivity index (χ3v) is 3.45. The Morgan fingerprint density at radius 2 is 2.00 bits per heavy atom. The minimum atomic E-state index is 0.322. The highest BCUT2D eigenvalue weighted by Gasteiger charge is 2.25. The predicted molar refractivity (Wildman–Crippen MR) is 76.6 cm³/mol. The number of guanidine groups is 1. The summed E-state index contributed by atoms with van der Waals surface area (Å²) >= 11 is 0. The van der Waals surface area contributed by atoms with E-state index < -0.39 is 0 Å². The molecule has 1 aromatic carbocycles. The van der Waals surface area contributed by atoms with Gasteiger partial charge in [-0.2, -0.15) is 0 Å². The molecule has 1 atom stereocenters. The van der Waals surface area contributed by atoms with E-state index >= 15 is 0 Å². The summed E-state index contributed by atoms with van der Waals surface area (Å²) in [7, 11) is 0. The van der Waals surface area contributed by atoms with Crippen molar-refractivity contribution in [3.8, 4) is 0 Å². The van der Waals surface area contributed by atoms with Crippen molar-refractivity contribution >= 4 is 5.96 Å². The Hall–Kier alpha value is -1.51. The van der Waals surface area contributed by atoms with Crippen molar-refractivity contribution < 1.29 is 0 Å². The average Bonchev–Trinajstić information content (AvgIpc) is 2.70. The minimum Gasteiger partial charge on any atom is -0.370 e. The minimum absolute atomic E-state index is 0.322. The van der Waals surface area contributed by atoms with Crippen molar-refractivity contribution in [3.05, 3.63) is 35.4 Å². The van der Waals surface area contributed by atoms with Crippen LogP contribution < -0.4 is 5.73 Å². The van der Waals surface area contributed by atoms with Crippen LogP contribution in [-0.4, -0.2) is 23.9 Å². The number of rotatable bonds is 4. The van der Waals surface area contributed by atoms with Gasteiger partial charge in [-0.05, 0) is 30.4 Å². The van der Waals surface area contributed by atoms with Crippen molar-refractivity contribution in [3.63, 3.8) is 0 Å². The molecule has 0 saturated carbocycles. The number of benzene rings is 1. The first-order valence-corrected chi connectivity index (χ1v) is 6.77. The van der Waals surface area contributed by atoms with Gasteiger partial charge in [-0.15, -0.1) is 0 Å². The average molecular weight is 245 g/mol. The maximum absolute atomic E-state index is 5.89. The zero-order chi connectivity index (χ0) is 13.1. The number of hydrogen-bond acceptors (Lipinski definition) is 3. The smallest absolute Gasteiger partial charge is 0.191 e. The first kappa shape index (κ1) is 12.9. The van der Waals surface area contributed by atoms with Crippen molar-refractivity contribution in [2.75, 3.05) is 13.1 Å². The fourth-order valence-corrected chi connectivity index (χ4v) is 2.54. The van der Waals surface area contributed by atoms with Gasteiger partial charge in [0.05, 0.1) is 12.6 Å². The molecule has 3 nitrogen and oxygen atoms in total. The Labute approximate surface area is 110 Å². The first-order valence-electron chi connectivity index (χ1n) is 6.77. The molecule has 0 radical (unpaired) electrons. The van der Waals surface area contributed by atoms with Crippen LogP contribution in [0.25, 0.3) is 0 Å². The van der Waals surface area contributed by atoms with Crippen molar-refractivity contribution in [1.82, 2.24) is 4.90 Å². The molecule has 1 aromatic rings. The molecule has 3 heteroatoms. The van der Waals surface area contributed by atoms with E-state index in [1.54, 1.807) is 0 Å². The van der Waals surface area contributed by atoms with Gasteiger partial charge in [-0.25, -0.2) is 0 Å². The van der Waals surface area contributed by atoms with Gasteiger partial charge < -0.3 is 10.6 Å². The molecule has 1 aliphatic rings. The zero-order valence-corrected chi connectivity index (χ0v) is 11.6. The summed E-state index contributed by atoms with van der Waals surface area (Å²) in [6.07, 6.45) is 1.14. The second kappa shape index (κ2) is 5.42. The van der Waals surface area contributed by atoms with Crippen LogP contribution >= 0.6 is 0 Å². The predicted octanol–water partition coefficient (Wildman–Crippen LogP) is 2.58. The zero-order valence-electron chi connectivity index (χ0n) is 11.6. The van der Waals surface area contributed by atoms with Crippen LogP contribution in [0.4, 0.5) is 0 Å². The molecule has 0 amide bonds. The van der Waals surface area contributed by atoms with E-state index in [2.05, 4.69) is 54.9 Å². The fourth-order valence-electron chi connectivity index (χ4n) is 2.54. The van der Waals surface area contributed by atoms with Gasteiger partial charge in [0, 0.05) is 6.54 Å². The lowest BCUT2D eigenvalue weighted by Crippen LogP contribution is -2.35. The van der Waals surface area contributed by atoms with Crippen LogP contribution in [0.15, 0.2) is 29.3 Å². The Bertz CT molecular complexity index is 420. The summed E-state index contributed by atoms with van der Waals surface area (Å²) in [5.74, 6) is 1.38. The number of nitrogens with zero attached hydrogens (tertiary/aromatic N) is 2. The normalized spacial score (nSPS) is 19.4. The molecular formula is C15H23N3. The molecule has 0 spiro atoms. The summed E-state index contributed by atoms with van der Waals surface area (Å²) in [4.78, 5) is 6.50. The second-order valence-corrected chi connectivity index (χ2v) is 5.34. The summed E-state index contributed by atoms with van der Waals surface area (Å²) in [6.45, 7) is 8.31. The number of aliphatic imine (C=N–C) groups is 1. The number of likely N-dealkylation sites (N-methyl/N-ethyl adjacent to an activating group) is 1. The van der Waals surface area contributed by atoms with Crippen LogP contribution in [0.2, 0.25) is 0 Å². The molecular weight excluding hydrogens is 222 g/mol. The molecule has 98 valence electrons. The van der Waals surface area contributed by atoms with Crippen molar-refractivity contribution in [2.24, 2.45) is 16.6 Å². The molecule has 0 aliphatic carbocycles. The summed E-state index contributed by atoms with van der Waals surface area (Å²) < 4.78 is 0. The van der Waals surface area contributed by atoms with E-state index in [0.29, 0.717) is 17.9 Å². The molecule has 18 heavy (non-hydrogen) atoms. The number of hydrogen-bond donors (Lipinski definition) is 1. The molecule has 2 N–H and O–H groups in total. The largest absolute Gasteiger partial charge is 0.370 e. The van der Waals surface area contributed by atoms with E-state index in [0.717, 1.165) is 19.5 Å². The summed E-state index contributed by atoms with van der Waals surface area (Å²) in [5, 5.41) is 0. The van der Waals surface area contributed by atoms with Gasteiger partial charge >= 0.3 is 0 Å². The van der Waals surface area contributed by atoms with E-state index in [4.69, 9.17) is 5.73 Å². The maximum Gasteiger partial charge on any atom is 0.191 e. The van der Waals surface area contributed by atoms with E-state index in [1.807, 2.05) is 0 Å². The maximum atomic E-state index is 5.89. The lowest BCUT2D eigenvalue weighted by atomic mass is 9.99. The summed E-state index contributed by atoms with van der Waals surface area (Å²) in [6, 6.07) is 9.23. The van der Waals surface area contributed by atoms with Gasteiger partial charge in [-0.3, -0.25) is 4.99 Å². The topological polar surface area (TPSA) is 41.6 Å². The van der Waals surface area contributed by atoms with Gasteiger partial charge in [0.2, 0.25) is 0 Å². The number of nitrogens with two attached hydrogens (primary N) is 1. The van der Waals surface area contributed by atoms with E-state index in [9.17, 15) is 0 Å². The summed E-state index contributed by atoms with van der Waals surface area (Å²) in [5.41, 5.74) is 8.61. The Kier molecular flexibility index (Phi) is 3.90. The quantitative estimate of drug-likeness (QED) is 0.886. The first-order chi connectivity index (χ1) is 8.61. The molecule has 2 rings (SSSR count). The second-order valence-electron chi connectivity index (χ2n) is 5.34. The molecule has 1 aliphatic heterocycles. The van der Waals surface area contributed by atoms with Gasteiger partial charge in [0.1, 0.15) is 0 Å². The molecule has 0 saturated heterocycles. The third kappa shape index (κ3) is 2.66. The van der Waals surface area contributed by atoms with Gasteiger partial charge in [0.25, 0.3) is 0 Å². The monoisotopic (exact) mass is 245 g/mol. The third-order valence-electron chi connectivity index (χ3n) is 3.45. The van der Waals surface area contributed by atoms with Crippen LogP contribution in [0.1, 0.15) is 37.9 Å². The lowest BCUT2D eigenvalue weighted by molar-refractivity contribution is 0.364. The molecule has 0 fully saturated rings. The highest BCUT2D eigenvalue weighted by Crippen LogP contribution is 2.25. The van der Waals surface area contributed by atoms with Crippen LogP contribution in [0, 0.1) is 5.92 Å². The van der Waals surface area contributed by atoms with Crippen LogP contribution in [-0.2, 0) is 6.42 Å². The van der Waals surface area contributed by atoms with Crippen LogP contribution in [0.3, 0.4) is 0 Å². The van der Waals surface area contributed by atoms with Crippen molar-refractivity contribution in [2.45, 2.75) is 33.2 Å². The Morgan fingerprint density at radius 3 is 2.56 bits per heavy atom. The lowest BCUT2D eigenvalue weighted by Gasteiger charge is -2.25. The van der Waals surface area contributed by atoms with Crippen molar-refractivity contribution in [1.29, 1.82) is 0 Å². The van der Waals surface area contributed by atoms with Gasteiger partial charge in [-0.1, -0.05) is 38.1 Å². The Balaban J connectivity index is 2.10. The highest BCUT2D eigenvalue weighted by molar-refractivity contribution is 5.80. The highest BCUT2D eigenvalue weighted by atomic mass is 15.3. The van der Waals surface area contributed by atoms with Crippen LogP contribution in [0.5, 0.6) is 0 Å².